The molecule has 5 rings (SSSR count). The van der Waals surface area contributed by atoms with Gasteiger partial charge in [-0.1, -0.05) is 6.07 Å². The highest BCUT2D eigenvalue weighted by molar-refractivity contribution is 7.10. The summed E-state index contributed by atoms with van der Waals surface area (Å²) in [5.41, 5.74) is 6.08. The second kappa shape index (κ2) is 4.85. The predicted octanol–water partition coefficient (Wildman–Crippen LogP) is 2.69. The Bertz CT molecular complexity index is 471. The Kier molecular flexibility index (Phi) is 3.11. The highest BCUT2D eigenvalue weighted by Gasteiger charge is 2.48. The smallest absolute Gasteiger partial charge is 0.242 e. The predicted molar refractivity (Wildman–Crippen MR) is 80.2 cm³/mol. The van der Waals surface area contributed by atoms with Crippen LogP contribution in [0, 0.1) is 23.7 Å². The van der Waals surface area contributed by atoms with Gasteiger partial charge in [-0.25, -0.2) is 0 Å². The van der Waals surface area contributed by atoms with Crippen LogP contribution < -0.4 is 11.1 Å². The molecule has 1 atom stereocenters. The summed E-state index contributed by atoms with van der Waals surface area (Å²) in [5, 5.41) is 5.27. The van der Waals surface area contributed by atoms with Gasteiger partial charge in [0.05, 0.1) is 0 Å². The summed E-state index contributed by atoms with van der Waals surface area (Å²) in [6, 6.07) is 3.80. The Hall–Kier alpha value is -0.870. The number of rotatable bonds is 3. The maximum atomic E-state index is 12.4. The Morgan fingerprint density at radius 1 is 1.20 bits per heavy atom. The Balaban J connectivity index is 1.45. The summed E-state index contributed by atoms with van der Waals surface area (Å²) in [7, 11) is 0. The molecule has 4 aliphatic rings. The molecular weight excluding hydrogens is 268 g/mol. The quantitative estimate of drug-likeness (QED) is 0.899. The molecule has 3 N–H and O–H groups in total. The third-order valence-electron chi connectivity index (χ3n) is 5.67. The molecule has 0 aliphatic heterocycles. The van der Waals surface area contributed by atoms with Gasteiger partial charge in [-0.3, -0.25) is 4.79 Å². The highest BCUT2D eigenvalue weighted by Crippen LogP contribution is 2.53. The van der Waals surface area contributed by atoms with E-state index in [0.717, 1.165) is 16.7 Å². The first kappa shape index (κ1) is 12.8. The van der Waals surface area contributed by atoms with Crippen molar-refractivity contribution in [2.24, 2.45) is 29.4 Å². The minimum Gasteiger partial charge on any atom is -0.351 e. The molecule has 0 radical (unpaired) electrons. The van der Waals surface area contributed by atoms with Crippen LogP contribution in [0.5, 0.6) is 0 Å². The van der Waals surface area contributed by atoms with Gasteiger partial charge in [-0.15, -0.1) is 11.3 Å². The van der Waals surface area contributed by atoms with Crippen molar-refractivity contribution in [3.05, 3.63) is 22.4 Å². The minimum atomic E-state index is -0.493. The first-order chi connectivity index (χ1) is 9.70. The molecular formula is C16H22N2OS. The third-order valence-corrected chi connectivity index (χ3v) is 6.62. The van der Waals surface area contributed by atoms with E-state index in [1.807, 2.05) is 17.5 Å². The lowest BCUT2D eigenvalue weighted by Gasteiger charge is -2.54. The molecule has 4 saturated carbocycles. The number of thiophene rings is 1. The lowest BCUT2D eigenvalue weighted by molar-refractivity contribution is -0.126. The molecule has 4 heteroatoms. The van der Waals surface area contributed by atoms with Crippen LogP contribution in [0.4, 0.5) is 0 Å². The van der Waals surface area contributed by atoms with E-state index in [1.165, 1.54) is 32.1 Å². The Labute approximate surface area is 123 Å². The number of hydrogen-bond donors (Lipinski definition) is 2. The van der Waals surface area contributed by atoms with Crippen molar-refractivity contribution < 1.29 is 4.79 Å². The normalized spacial score (nSPS) is 39.8. The molecule has 1 heterocycles. The number of nitrogens with one attached hydrogen (secondary N) is 1. The largest absolute Gasteiger partial charge is 0.351 e. The van der Waals surface area contributed by atoms with E-state index in [9.17, 15) is 4.79 Å². The summed E-state index contributed by atoms with van der Waals surface area (Å²) >= 11 is 1.56. The van der Waals surface area contributed by atoms with E-state index in [0.29, 0.717) is 17.9 Å². The van der Waals surface area contributed by atoms with E-state index in [-0.39, 0.29) is 5.91 Å². The number of carbonyl (C=O) groups is 1. The van der Waals surface area contributed by atoms with Gasteiger partial charge in [-0.2, -0.15) is 0 Å². The zero-order valence-corrected chi connectivity index (χ0v) is 12.4. The minimum absolute atomic E-state index is 0.0184. The lowest BCUT2D eigenvalue weighted by atomic mass is 9.54. The molecule has 4 aliphatic carbocycles. The first-order valence-electron chi connectivity index (χ1n) is 7.80. The molecule has 108 valence electrons. The van der Waals surface area contributed by atoms with Crippen molar-refractivity contribution in [2.45, 2.75) is 44.2 Å². The van der Waals surface area contributed by atoms with Gasteiger partial charge in [0.15, 0.2) is 0 Å². The fourth-order valence-corrected chi connectivity index (χ4v) is 5.74. The summed E-state index contributed by atoms with van der Waals surface area (Å²) in [4.78, 5) is 13.4. The van der Waals surface area contributed by atoms with E-state index in [4.69, 9.17) is 5.73 Å². The zero-order valence-electron chi connectivity index (χ0n) is 11.6. The topological polar surface area (TPSA) is 55.1 Å². The van der Waals surface area contributed by atoms with Crippen molar-refractivity contribution in [3.63, 3.8) is 0 Å². The second-order valence-corrected chi connectivity index (χ2v) is 7.94. The summed E-state index contributed by atoms with van der Waals surface area (Å²) < 4.78 is 0. The Morgan fingerprint density at radius 3 is 2.40 bits per heavy atom. The molecule has 1 aromatic rings. The lowest BCUT2D eigenvalue weighted by Crippen LogP contribution is -2.56. The van der Waals surface area contributed by atoms with E-state index < -0.39 is 6.04 Å². The standard InChI is InChI=1S/C16H22N2OS/c17-14(13-2-1-3-20-13)16(19)18-15-11-5-9-4-10(7-11)8-12(15)6-9/h1-3,9-12,14-15H,4-8,17H2,(H,18,19). The van der Waals surface area contributed by atoms with Gasteiger partial charge in [0.1, 0.15) is 6.04 Å². The molecule has 0 spiro atoms. The van der Waals surface area contributed by atoms with Gasteiger partial charge in [-0.05, 0) is 67.2 Å². The van der Waals surface area contributed by atoms with Crippen LogP contribution in [-0.2, 0) is 4.79 Å². The molecule has 4 bridgehead atoms. The van der Waals surface area contributed by atoms with Crippen molar-refractivity contribution in [2.75, 3.05) is 0 Å². The molecule has 4 fully saturated rings. The second-order valence-electron chi connectivity index (χ2n) is 6.96. The van der Waals surface area contributed by atoms with Crippen LogP contribution in [0.1, 0.15) is 43.0 Å². The molecule has 1 unspecified atom stereocenters. The van der Waals surface area contributed by atoms with Gasteiger partial charge >= 0.3 is 0 Å². The van der Waals surface area contributed by atoms with Crippen molar-refractivity contribution in [1.29, 1.82) is 0 Å². The fourth-order valence-electron chi connectivity index (χ4n) is 5.01. The van der Waals surface area contributed by atoms with Gasteiger partial charge in [0.2, 0.25) is 5.91 Å². The van der Waals surface area contributed by atoms with Crippen molar-refractivity contribution >= 4 is 17.2 Å². The monoisotopic (exact) mass is 290 g/mol. The van der Waals surface area contributed by atoms with Crippen LogP contribution in [-0.4, -0.2) is 11.9 Å². The molecule has 0 saturated heterocycles. The number of hydrogen-bond acceptors (Lipinski definition) is 3. The average molecular weight is 290 g/mol. The average Bonchev–Trinajstić information content (AvgIpc) is 2.95. The summed E-state index contributed by atoms with van der Waals surface area (Å²) in [5.74, 6) is 3.33. The first-order valence-corrected chi connectivity index (χ1v) is 8.68. The van der Waals surface area contributed by atoms with Crippen molar-refractivity contribution in [1.82, 2.24) is 5.32 Å². The van der Waals surface area contributed by atoms with Gasteiger partial charge in [0, 0.05) is 10.9 Å². The fraction of sp³-hybridized carbons (Fsp3) is 0.688. The van der Waals surface area contributed by atoms with Crippen LogP contribution in [0.3, 0.4) is 0 Å². The summed E-state index contributed by atoms with van der Waals surface area (Å²) in [6.07, 6.45) is 6.75. The van der Waals surface area contributed by atoms with Gasteiger partial charge < -0.3 is 11.1 Å². The van der Waals surface area contributed by atoms with Crippen LogP contribution in [0.25, 0.3) is 0 Å². The molecule has 1 aromatic heterocycles. The Morgan fingerprint density at radius 2 is 1.85 bits per heavy atom. The third kappa shape index (κ3) is 2.09. The van der Waals surface area contributed by atoms with Crippen molar-refractivity contribution in [3.8, 4) is 0 Å². The number of nitrogens with two attached hydrogens (primary N) is 1. The van der Waals surface area contributed by atoms with Crippen LogP contribution >= 0.6 is 11.3 Å². The number of amides is 1. The van der Waals surface area contributed by atoms with E-state index >= 15 is 0 Å². The molecule has 20 heavy (non-hydrogen) atoms. The SMILES string of the molecule is NC(C(=O)NC1C2CC3CC(C2)CC1C3)c1cccs1. The van der Waals surface area contributed by atoms with Crippen LogP contribution in [0.2, 0.25) is 0 Å². The summed E-state index contributed by atoms with van der Waals surface area (Å²) in [6.45, 7) is 0. The zero-order chi connectivity index (χ0) is 13.7. The molecule has 3 nitrogen and oxygen atoms in total. The highest BCUT2D eigenvalue weighted by atomic mass is 32.1. The molecule has 0 aromatic carbocycles. The maximum absolute atomic E-state index is 12.4. The van der Waals surface area contributed by atoms with Gasteiger partial charge in [0.25, 0.3) is 0 Å². The number of carbonyl (C=O) groups excluding carboxylic acids is 1. The van der Waals surface area contributed by atoms with E-state index in [2.05, 4.69) is 5.32 Å². The molecule has 1 amide bonds. The maximum Gasteiger partial charge on any atom is 0.242 e. The van der Waals surface area contributed by atoms with E-state index in [1.54, 1.807) is 11.3 Å². The van der Waals surface area contributed by atoms with Crippen LogP contribution in [0.15, 0.2) is 17.5 Å².